The van der Waals surface area contributed by atoms with E-state index in [1.54, 1.807) is 24.9 Å². The first-order valence-electron chi connectivity index (χ1n) is 11.1. The molecule has 4 aromatic rings. The Hall–Kier alpha value is -3.53. The summed E-state index contributed by atoms with van der Waals surface area (Å²) in [5.41, 5.74) is 4.87. The number of pyridine rings is 1. The molecule has 34 heavy (non-hydrogen) atoms. The summed E-state index contributed by atoms with van der Waals surface area (Å²) in [5.74, 6) is 2.51. The van der Waals surface area contributed by atoms with Crippen molar-refractivity contribution in [3.63, 3.8) is 0 Å². The Kier molecular flexibility index (Phi) is 6.14. The molecular formula is C24H25N5O4S. The zero-order chi connectivity index (χ0) is 23.5. The van der Waals surface area contributed by atoms with Gasteiger partial charge < -0.3 is 9.47 Å². The van der Waals surface area contributed by atoms with Gasteiger partial charge in [-0.2, -0.15) is 0 Å². The molecule has 0 radical (unpaired) electrons. The van der Waals surface area contributed by atoms with E-state index in [9.17, 15) is 8.42 Å². The van der Waals surface area contributed by atoms with Crippen LogP contribution in [0.3, 0.4) is 0 Å². The fraction of sp³-hybridized carbons (Fsp3) is 0.333. The predicted molar refractivity (Wildman–Crippen MR) is 127 cm³/mol. The summed E-state index contributed by atoms with van der Waals surface area (Å²) < 4.78 is 35.9. The third kappa shape index (κ3) is 4.86. The summed E-state index contributed by atoms with van der Waals surface area (Å²) in [5, 5.41) is 8.43. The number of benzene rings is 1. The van der Waals surface area contributed by atoms with Crippen LogP contribution < -0.4 is 9.47 Å². The van der Waals surface area contributed by atoms with E-state index in [1.807, 2.05) is 22.6 Å². The topological polar surface area (TPSA) is 109 Å². The van der Waals surface area contributed by atoms with Gasteiger partial charge in [-0.05, 0) is 30.5 Å². The minimum atomic E-state index is -3.01. The zero-order valence-electron chi connectivity index (χ0n) is 18.8. The normalized spacial score (nSPS) is 13.1. The van der Waals surface area contributed by atoms with Crippen molar-refractivity contribution in [2.45, 2.75) is 25.7 Å². The molecule has 4 heterocycles. The standard InChI is InChI=1S/C24H25N5O4S/c1-34(30,31)11-3-9-32-19-12-18(13-25-14-19)21-15-26-23(29-16-27-28-24(21)29)7-6-17-4-2-5-22-20(17)8-10-33-22/h2,4-5,12-16H,3,6-11H2,1H3. The van der Waals surface area contributed by atoms with Gasteiger partial charge in [0.1, 0.15) is 33.5 Å². The average molecular weight is 480 g/mol. The van der Waals surface area contributed by atoms with Crippen molar-refractivity contribution in [1.29, 1.82) is 0 Å². The fourth-order valence-electron chi connectivity index (χ4n) is 4.19. The van der Waals surface area contributed by atoms with Crippen LogP contribution >= 0.6 is 0 Å². The lowest BCUT2D eigenvalue weighted by molar-refractivity contribution is 0.316. The highest BCUT2D eigenvalue weighted by atomic mass is 32.2. The quantitative estimate of drug-likeness (QED) is 0.337. The van der Waals surface area contributed by atoms with Gasteiger partial charge in [0.05, 0.1) is 25.2 Å². The van der Waals surface area contributed by atoms with Crippen molar-refractivity contribution in [1.82, 2.24) is 24.6 Å². The van der Waals surface area contributed by atoms with E-state index >= 15 is 0 Å². The first kappa shape index (κ1) is 22.3. The monoisotopic (exact) mass is 479 g/mol. The van der Waals surface area contributed by atoms with E-state index in [0.717, 1.165) is 48.6 Å². The third-order valence-electron chi connectivity index (χ3n) is 5.82. The van der Waals surface area contributed by atoms with Crippen LogP contribution in [0.2, 0.25) is 0 Å². The van der Waals surface area contributed by atoms with E-state index in [-0.39, 0.29) is 5.75 Å². The summed E-state index contributed by atoms with van der Waals surface area (Å²) in [6, 6.07) is 8.06. The van der Waals surface area contributed by atoms with E-state index in [2.05, 4.69) is 21.2 Å². The lowest BCUT2D eigenvalue weighted by atomic mass is 10.0. The Morgan fingerprint density at radius 1 is 1.18 bits per heavy atom. The SMILES string of the molecule is CS(=O)(=O)CCCOc1cncc(-c2cnc(CCc3cccc4c3CCO4)n3cnnc23)c1. The van der Waals surface area contributed by atoms with Gasteiger partial charge in [0.2, 0.25) is 0 Å². The predicted octanol–water partition coefficient (Wildman–Crippen LogP) is 2.72. The number of hydrogen-bond donors (Lipinski definition) is 0. The molecule has 0 aliphatic carbocycles. The molecule has 1 aliphatic heterocycles. The fourth-order valence-corrected chi connectivity index (χ4v) is 4.83. The lowest BCUT2D eigenvalue weighted by Crippen LogP contribution is -2.08. The van der Waals surface area contributed by atoms with Crippen molar-refractivity contribution in [2.24, 2.45) is 0 Å². The summed E-state index contributed by atoms with van der Waals surface area (Å²) >= 11 is 0. The van der Waals surface area contributed by atoms with E-state index < -0.39 is 9.84 Å². The summed E-state index contributed by atoms with van der Waals surface area (Å²) in [6.45, 7) is 1.04. The summed E-state index contributed by atoms with van der Waals surface area (Å²) in [7, 11) is -3.01. The number of sulfone groups is 1. The molecule has 0 N–H and O–H groups in total. The van der Waals surface area contributed by atoms with Crippen LogP contribution in [0.5, 0.6) is 11.5 Å². The summed E-state index contributed by atoms with van der Waals surface area (Å²) in [4.78, 5) is 8.98. The highest BCUT2D eigenvalue weighted by Gasteiger charge is 2.17. The van der Waals surface area contributed by atoms with Gasteiger partial charge >= 0.3 is 0 Å². The van der Waals surface area contributed by atoms with Crippen LogP contribution in [0.15, 0.2) is 49.2 Å². The molecule has 1 aliphatic rings. The molecule has 0 saturated heterocycles. The number of fused-ring (bicyclic) bond motifs is 2. The largest absolute Gasteiger partial charge is 0.493 e. The van der Waals surface area contributed by atoms with Gasteiger partial charge in [-0.25, -0.2) is 13.4 Å². The van der Waals surface area contributed by atoms with Crippen LogP contribution in [0.1, 0.15) is 23.4 Å². The molecule has 0 atom stereocenters. The van der Waals surface area contributed by atoms with Gasteiger partial charge in [0, 0.05) is 48.2 Å². The van der Waals surface area contributed by atoms with Crippen LogP contribution in [-0.4, -0.2) is 58.2 Å². The molecule has 3 aromatic heterocycles. The number of ether oxygens (including phenoxy) is 2. The molecule has 0 bridgehead atoms. The number of nitrogens with zero attached hydrogens (tertiary/aromatic N) is 5. The first-order valence-corrected chi connectivity index (χ1v) is 13.2. The van der Waals surface area contributed by atoms with Gasteiger partial charge in [-0.15, -0.1) is 10.2 Å². The van der Waals surface area contributed by atoms with Crippen molar-refractivity contribution in [2.75, 3.05) is 25.2 Å². The molecule has 176 valence electrons. The lowest BCUT2D eigenvalue weighted by Gasteiger charge is -2.11. The molecule has 0 amide bonds. The highest BCUT2D eigenvalue weighted by molar-refractivity contribution is 7.90. The van der Waals surface area contributed by atoms with Crippen LogP contribution in [0, 0.1) is 0 Å². The Labute approximate surface area is 197 Å². The molecule has 0 fully saturated rings. The molecule has 10 heteroatoms. The van der Waals surface area contributed by atoms with E-state index in [4.69, 9.17) is 14.5 Å². The Morgan fingerprint density at radius 3 is 2.97 bits per heavy atom. The third-order valence-corrected chi connectivity index (χ3v) is 6.85. The smallest absolute Gasteiger partial charge is 0.171 e. The van der Waals surface area contributed by atoms with E-state index in [0.29, 0.717) is 24.4 Å². The Bertz CT molecular complexity index is 1430. The van der Waals surface area contributed by atoms with Crippen LogP contribution in [0.4, 0.5) is 0 Å². The molecule has 5 rings (SSSR count). The number of hydrogen-bond acceptors (Lipinski definition) is 8. The Morgan fingerprint density at radius 2 is 2.09 bits per heavy atom. The molecule has 0 unspecified atom stereocenters. The molecular weight excluding hydrogens is 454 g/mol. The van der Waals surface area contributed by atoms with Crippen molar-refractivity contribution < 1.29 is 17.9 Å². The maximum Gasteiger partial charge on any atom is 0.171 e. The first-order chi connectivity index (χ1) is 16.5. The molecule has 1 aromatic carbocycles. The highest BCUT2D eigenvalue weighted by Crippen LogP contribution is 2.29. The summed E-state index contributed by atoms with van der Waals surface area (Å²) in [6.07, 6.45) is 11.0. The van der Waals surface area contributed by atoms with Gasteiger partial charge in [0.25, 0.3) is 0 Å². The maximum atomic E-state index is 11.3. The van der Waals surface area contributed by atoms with Crippen molar-refractivity contribution in [3.8, 4) is 22.6 Å². The maximum absolute atomic E-state index is 11.3. The van der Waals surface area contributed by atoms with Crippen molar-refractivity contribution in [3.05, 3.63) is 66.1 Å². The second-order valence-electron chi connectivity index (χ2n) is 8.35. The number of rotatable bonds is 9. The van der Waals surface area contributed by atoms with Gasteiger partial charge in [-0.3, -0.25) is 9.38 Å². The average Bonchev–Trinajstić information content (AvgIpc) is 3.50. The van der Waals surface area contributed by atoms with Crippen molar-refractivity contribution >= 4 is 15.5 Å². The van der Waals surface area contributed by atoms with Gasteiger partial charge in [-0.1, -0.05) is 12.1 Å². The molecule has 9 nitrogen and oxygen atoms in total. The molecule has 0 saturated carbocycles. The Balaban J connectivity index is 1.34. The number of aryl methyl sites for hydroxylation is 2. The second-order valence-corrected chi connectivity index (χ2v) is 10.6. The van der Waals surface area contributed by atoms with Crippen LogP contribution in [0.25, 0.3) is 16.8 Å². The van der Waals surface area contributed by atoms with Gasteiger partial charge in [0.15, 0.2) is 5.65 Å². The number of aromatic nitrogens is 5. The molecule has 0 spiro atoms. The second kappa shape index (κ2) is 9.38. The zero-order valence-corrected chi connectivity index (χ0v) is 19.7. The minimum absolute atomic E-state index is 0.0880. The minimum Gasteiger partial charge on any atom is -0.493 e. The van der Waals surface area contributed by atoms with E-state index in [1.165, 1.54) is 17.4 Å². The van der Waals surface area contributed by atoms with Crippen LogP contribution in [-0.2, 0) is 29.1 Å².